The molecular formula is C9H19NO4. The number of nitrogens with one attached hydrogen (secondary N) is 1. The zero-order chi connectivity index (χ0) is 11.0. The Labute approximate surface area is 84.4 Å². The summed E-state index contributed by atoms with van der Waals surface area (Å²) in [6.45, 7) is 3.32. The van der Waals surface area contributed by atoms with Crippen LogP contribution in [0.25, 0.3) is 0 Å². The average molecular weight is 205 g/mol. The van der Waals surface area contributed by atoms with Gasteiger partial charge in [0.1, 0.15) is 0 Å². The third-order valence-corrected chi connectivity index (χ3v) is 1.82. The second-order valence-electron chi connectivity index (χ2n) is 3.50. The Bertz CT molecular complexity index is 166. The molecule has 0 aliphatic heterocycles. The zero-order valence-corrected chi connectivity index (χ0v) is 9.00. The van der Waals surface area contributed by atoms with Gasteiger partial charge in [-0.2, -0.15) is 0 Å². The lowest BCUT2D eigenvalue weighted by molar-refractivity contribution is -0.137. The number of hydrogen-bond acceptors (Lipinski definition) is 4. The monoisotopic (exact) mass is 205 g/mol. The zero-order valence-electron chi connectivity index (χ0n) is 9.00. The van der Waals surface area contributed by atoms with Gasteiger partial charge in [-0.3, -0.25) is 4.79 Å². The molecule has 0 heterocycles. The van der Waals surface area contributed by atoms with Crippen LogP contribution in [0.1, 0.15) is 13.3 Å². The van der Waals surface area contributed by atoms with Gasteiger partial charge >= 0.3 is 5.97 Å². The molecule has 0 spiro atoms. The maximum atomic E-state index is 10.3. The molecule has 0 aliphatic rings. The fourth-order valence-electron chi connectivity index (χ4n) is 1.25. The number of carboxylic acid groups (broad SMARTS) is 1. The van der Waals surface area contributed by atoms with Crippen molar-refractivity contribution in [3.05, 3.63) is 0 Å². The fraction of sp³-hybridized carbons (Fsp3) is 0.889. The highest BCUT2D eigenvalue weighted by molar-refractivity contribution is 5.66. The van der Waals surface area contributed by atoms with Crippen molar-refractivity contribution in [2.45, 2.75) is 18.9 Å². The molecule has 5 heteroatoms. The van der Waals surface area contributed by atoms with Crippen molar-refractivity contribution in [3.63, 3.8) is 0 Å². The van der Waals surface area contributed by atoms with Gasteiger partial charge in [0.15, 0.2) is 0 Å². The van der Waals surface area contributed by atoms with Gasteiger partial charge in [-0.05, 0) is 6.92 Å². The Morgan fingerprint density at radius 3 is 2.21 bits per heavy atom. The molecule has 0 aliphatic carbocycles. The van der Waals surface area contributed by atoms with Crippen LogP contribution in [0.5, 0.6) is 0 Å². The van der Waals surface area contributed by atoms with Crippen molar-refractivity contribution in [1.82, 2.24) is 5.32 Å². The van der Waals surface area contributed by atoms with Crippen LogP contribution < -0.4 is 5.32 Å². The van der Waals surface area contributed by atoms with E-state index in [0.29, 0.717) is 19.8 Å². The van der Waals surface area contributed by atoms with Gasteiger partial charge in [0.2, 0.25) is 0 Å². The Hall–Kier alpha value is -0.650. The molecule has 0 rings (SSSR count). The normalized spacial score (nSPS) is 11.6. The fourth-order valence-corrected chi connectivity index (χ4v) is 1.25. The number of aliphatic carboxylic acids is 1. The lowest BCUT2D eigenvalue weighted by atomic mass is 10.1. The molecule has 2 N–H and O–H groups in total. The molecule has 0 aromatic rings. The highest BCUT2D eigenvalue weighted by Gasteiger charge is 2.23. The summed E-state index contributed by atoms with van der Waals surface area (Å²) in [5.74, 6) is -0.810. The summed E-state index contributed by atoms with van der Waals surface area (Å²) in [5.41, 5.74) is -0.320. The standard InChI is InChI=1S/C9H19NO4/c1-9(6-13-2,7-14-3)10-5-4-8(11)12/h10H,4-7H2,1-3H3,(H,11,12). The summed E-state index contributed by atoms with van der Waals surface area (Å²) in [7, 11) is 3.21. The molecule has 5 nitrogen and oxygen atoms in total. The lowest BCUT2D eigenvalue weighted by Gasteiger charge is -2.29. The smallest absolute Gasteiger partial charge is 0.304 e. The van der Waals surface area contributed by atoms with E-state index in [1.165, 1.54) is 0 Å². The quantitative estimate of drug-likeness (QED) is 0.588. The summed E-state index contributed by atoms with van der Waals surface area (Å²) in [6.07, 6.45) is 0.100. The van der Waals surface area contributed by atoms with Gasteiger partial charge in [0.25, 0.3) is 0 Å². The molecule has 0 unspecified atom stereocenters. The van der Waals surface area contributed by atoms with Crippen molar-refractivity contribution < 1.29 is 19.4 Å². The van der Waals surface area contributed by atoms with Gasteiger partial charge in [0, 0.05) is 20.8 Å². The largest absolute Gasteiger partial charge is 0.481 e. The molecule has 0 atom stereocenters. The summed E-state index contributed by atoms with van der Waals surface area (Å²) in [5, 5.41) is 11.6. The van der Waals surface area contributed by atoms with Gasteiger partial charge in [-0.1, -0.05) is 0 Å². The molecule has 0 radical (unpaired) electrons. The van der Waals surface area contributed by atoms with Crippen LogP contribution in [-0.2, 0) is 14.3 Å². The van der Waals surface area contributed by atoms with Crippen LogP contribution in [0, 0.1) is 0 Å². The topological polar surface area (TPSA) is 67.8 Å². The van der Waals surface area contributed by atoms with Crippen molar-refractivity contribution in [1.29, 1.82) is 0 Å². The first-order valence-corrected chi connectivity index (χ1v) is 4.49. The Balaban J connectivity index is 3.88. The predicted octanol–water partition coefficient (Wildman–Crippen LogP) is 0.102. The lowest BCUT2D eigenvalue weighted by Crippen LogP contribution is -2.50. The Morgan fingerprint density at radius 2 is 1.86 bits per heavy atom. The van der Waals surface area contributed by atoms with E-state index in [9.17, 15) is 4.79 Å². The number of ether oxygens (including phenoxy) is 2. The van der Waals surface area contributed by atoms with E-state index in [1.807, 2.05) is 6.92 Å². The van der Waals surface area contributed by atoms with E-state index in [-0.39, 0.29) is 12.0 Å². The van der Waals surface area contributed by atoms with Crippen LogP contribution in [-0.4, -0.2) is 50.6 Å². The maximum Gasteiger partial charge on any atom is 0.304 e. The molecule has 84 valence electrons. The highest BCUT2D eigenvalue weighted by Crippen LogP contribution is 2.04. The minimum Gasteiger partial charge on any atom is -0.481 e. The second-order valence-corrected chi connectivity index (χ2v) is 3.50. The maximum absolute atomic E-state index is 10.3. The van der Waals surface area contributed by atoms with Crippen LogP contribution in [0.15, 0.2) is 0 Å². The van der Waals surface area contributed by atoms with Crippen LogP contribution in [0.2, 0.25) is 0 Å². The number of carbonyl (C=O) groups is 1. The number of rotatable bonds is 8. The molecule has 14 heavy (non-hydrogen) atoms. The van der Waals surface area contributed by atoms with Crippen LogP contribution >= 0.6 is 0 Å². The predicted molar refractivity (Wildman–Crippen MR) is 52.4 cm³/mol. The molecular weight excluding hydrogens is 186 g/mol. The third kappa shape index (κ3) is 5.90. The van der Waals surface area contributed by atoms with E-state index >= 15 is 0 Å². The number of carboxylic acids is 1. The summed E-state index contributed by atoms with van der Waals surface area (Å²) in [4.78, 5) is 10.3. The Kier molecular flexibility index (Phi) is 6.44. The van der Waals surface area contributed by atoms with Crippen LogP contribution in [0.4, 0.5) is 0 Å². The van der Waals surface area contributed by atoms with E-state index in [0.717, 1.165) is 0 Å². The molecule has 0 amide bonds. The third-order valence-electron chi connectivity index (χ3n) is 1.82. The van der Waals surface area contributed by atoms with Crippen molar-refractivity contribution in [2.24, 2.45) is 0 Å². The number of methoxy groups -OCH3 is 2. The van der Waals surface area contributed by atoms with Crippen molar-refractivity contribution >= 4 is 5.97 Å². The first kappa shape index (κ1) is 13.4. The SMILES string of the molecule is COCC(C)(COC)NCCC(=O)O. The molecule has 0 saturated carbocycles. The van der Waals surface area contributed by atoms with E-state index in [4.69, 9.17) is 14.6 Å². The second kappa shape index (κ2) is 6.75. The molecule has 0 fully saturated rings. The van der Waals surface area contributed by atoms with Gasteiger partial charge in [0.05, 0.1) is 25.2 Å². The first-order valence-electron chi connectivity index (χ1n) is 4.49. The van der Waals surface area contributed by atoms with Gasteiger partial charge < -0.3 is 19.9 Å². The minimum absolute atomic E-state index is 0.100. The molecule has 0 aromatic heterocycles. The summed E-state index contributed by atoms with van der Waals surface area (Å²) < 4.78 is 10.1. The van der Waals surface area contributed by atoms with Crippen LogP contribution in [0.3, 0.4) is 0 Å². The van der Waals surface area contributed by atoms with Gasteiger partial charge in [-0.25, -0.2) is 0 Å². The first-order chi connectivity index (χ1) is 6.54. The van der Waals surface area contributed by atoms with E-state index in [1.54, 1.807) is 14.2 Å². The van der Waals surface area contributed by atoms with E-state index < -0.39 is 5.97 Å². The Morgan fingerprint density at radius 1 is 1.36 bits per heavy atom. The number of hydrogen-bond donors (Lipinski definition) is 2. The molecule has 0 aromatic carbocycles. The van der Waals surface area contributed by atoms with Crippen molar-refractivity contribution in [3.8, 4) is 0 Å². The molecule has 0 bridgehead atoms. The summed E-state index contributed by atoms with van der Waals surface area (Å²) in [6, 6.07) is 0. The summed E-state index contributed by atoms with van der Waals surface area (Å²) >= 11 is 0. The molecule has 0 saturated heterocycles. The van der Waals surface area contributed by atoms with Gasteiger partial charge in [-0.15, -0.1) is 0 Å². The van der Waals surface area contributed by atoms with E-state index in [2.05, 4.69) is 5.32 Å². The highest BCUT2D eigenvalue weighted by atomic mass is 16.5. The minimum atomic E-state index is -0.810. The van der Waals surface area contributed by atoms with Crippen molar-refractivity contribution in [2.75, 3.05) is 34.0 Å². The average Bonchev–Trinajstić information content (AvgIpc) is 2.03.